The van der Waals surface area contributed by atoms with Crippen molar-refractivity contribution in [2.24, 2.45) is 5.92 Å². The summed E-state index contributed by atoms with van der Waals surface area (Å²) >= 11 is 6.08. The van der Waals surface area contributed by atoms with Crippen LogP contribution in [0.4, 0.5) is 0 Å². The molecule has 0 aliphatic carbocycles. The fourth-order valence-electron chi connectivity index (χ4n) is 1.94. The van der Waals surface area contributed by atoms with Gasteiger partial charge in [0.15, 0.2) is 0 Å². The lowest BCUT2D eigenvalue weighted by atomic mass is 9.99. The summed E-state index contributed by atoms with van der Waals surface area (Å²) in [6, 6.07) is 7.57. The van der Waals surface area contributed by atoms with E-state index in [4.69, 9.17) is 16.7 Å². The predicted octanol–water partition coefficient (Wildman–Crippen LogP) is 2.36. The molecular formula is C14H20ClNO2. The number of nitrogens with zero attached hydrogens (tertiary/aromatic N) is 1. The molecule has 18 heavy (non-hydrogen) atoms. The number of amides is 1. The molecule has 3 nitrogen and oxygen atoms in total. The molecule has 0 fully saturated rings. The van der Waals surface area contributed by atoms with Crippen LogP contribution in [0.2, 0.25) is 5.02 Å². The highest BCUT2D eigenvalue weighted by Gasteiger charge is 2.19. The monoisotopic (exact) mass is 269 g/mol. The van der Waals surface area contributed by atoms with Crippen LogP contribution < -0.4 is 0 Å². The summed E-state index contributed by atoms with van der Waals surface area (Å²) in [6.07, 6.45) is 0.625. The Balaban J connectivity index is 2.67. The van der Waals surface area contributed by atoms with Gasteiger partial charge in [0.2, 0.25) is 5.91 Å². The molecule has 100 valence electrons. The number of likely N-dealkylation sites (N-methyl/N-ethyl adjacent to an activating group) is 1. The Bertz CT molecular complexity index is 395. The third-order valence-corrected chi connectivity index (χ3v) is 3.34. The van der Waals surface area contributed by atoms with Crippen molar-refractivity contribution < 1.29 is 9.90 Å². The van der Waals surface area contributed by atoms with Crippen LogP contribution in [-0.4, -0.2) is 35.6 Å². The van der Waals surface area contributed by atoms with Gasteiger partial charge in [0.05, 0.1) is 6.61 Å². The maximum absolute atomic E-state index is 12.2. The van der Waals surface area contributed by atoms with Crippen LogP contribution >= 0.6 is 11.6 Å². The lowest BCUT2D eigenvalue weighted by Gasteiger charge is -2.23. The Morgan fingerprint density at radius 2 is 2.11 bits per heavy atom. The highest BCUT2D eigenvalue weighted by atomic mass is 35.5. The lowest BCUT2D eigenvalue weighted by Crippen LogP contribution is -2.37. The number of aliphatic hydroxyl groups is 1. The van der Waals surface area contributed by atoms with Gasteiger partial charge in [0.25, 0.3) is 0 Å². The fraction of sp³-hybridized carbons (Fsp3) is 0.500. The summed E-state index contributed by atoms with van der Waals surface area (Å²) in [4.78, 5) is 13.8. The van der Waals surface area contributed by atoms with Crippen LogP contribution in [0.15, 0.2) is 24.3 Å². The first-order valence-corrected chi connectivity index (χ1v) is 6.61. The molecule has 0 aliphatic heterocycles. The summed E-state index contributed by atoms with van der Waals surface area (Å²) in [7, 11) is 0. The van der Waals surface area contributed by atoms with Crippen LogP contribution in [0.3, 0.4) is 0 Å². The van der Waals surface area contributed by atoms with Gasteiger partial charge in [-0.05, 0) is 25.0 Å². The SMILES string of the molecule is CCN(CCO)C(=O)C(C)Cc1ccccc1Cl. The highest BCUT2D eigenvalue weighted by molar-refractivity contribution is 6.31. The largest absolute Gasteiger partial charge is 0.395 e. The number of hydrogen-bond donors (Lipinski definition) is 1. The van der Waals surface area contributed by atoms with Crippen LogP contribution in [0.5, 0.6) is 0 Å². The van der Waals surface area contributed by atoms with Crippen LogP contribution in [0.1, 0.15) is 19.4 Å². The van der Waals surface area contributed by atoms with E-state index in [1.165, 1.54) is 0 Å². The Labute approximate surface area is 113 Å². The summed E-state index contributed by atoms with van der Waals surface area (Å²) in [5.74, 6) is -0.0668. The molecule has 1 unspecified atom stereocenters. The van der Waals surface area contributed by atoms with Crippen molar-refractivity contribution in [3.05, 3.63) is 34.9 Å². The minimum Gasteiger partial charge on any atom is -0.395 e. The maximum Gasteiger partial charge on any atom is 0.225 e. The molecule has 1 amide bonds. The molecule has 4 heteroatoms. The van der Waals surface area contributed by atoms with E-state index < -0.39 is 0 Å². The van der Waals surface area contributed by atoms with Crippen LogP contribution in [-0.2, 0) is 11.2 Å². The number of carbonyl (C=O) groups is 1. The van der Waals surface area contributed by atoms with E-state index in [1.54, 1.807) is 4.90 Å². The van der Waals surface area contributed by atoms with Crippen molar-refractivity contribution in [2.45, 2.75) is 20.3 Å². The third kappa shape index (κ3) is 4.00. The maximum atomic E-state index is 12.2. The first kappa shape index (κ1) is 15.0. The van der Waals surface area contributed by atoms with E-state index in [0.29, 0.717) is 24.5 Å². The van der Waals surface area contributed by atoms with Crippen molar-refractivity contribution in [1.82, 2.24) is 4.90 Å². The predicted molar refractivity (Wildman–Crippen MR) is 73.7 cm³/mol. The minimum absolute atomic E-state index is 0.00159. The first-order valence-electron chi connectivity index (χ1n) is 6.23. The molecule has 1 rings (SSSR count). The quantitative estimate of drug-likeness (QED) is 0.861. The van der Waals surface area contributed by atoms with Crippen molar-refractivity contribution in [3.8, 4) is 0 Å². The zero-order chi connectivity index (χ0) is 13.5. The van der Waals surface area contributed by atoms with Gasteiger partial charge in [-0.2, -0.15) is 0 Å². The molecule has 1 atom stereocenters. The van der Waals surface area contributed by atoms with Gasteiger partial charge in [-0.25, -0.2) is 0 Å². The fourth-order valence-corrected chi connectivity index (χ4v) is 2.15. The van der Waals surface area contributed by atoms with Crippen molar-refractivity contribution in [3.63, 3.8) is 0 Å². The van der Waals surface area contributed by atoms with Crippen molar-refractivity contribution in [2.75, 3.05) is 19.7 Å². The van der Waals surface area contributed by atoms with Gasteiger partial charge in [-0.15, -0.1) is 0 Å². The Hall–Kier alpha value is -1.06. The van der Waals surface area contributed by atoms with Gasteiger partial charge in [0, 0.05) is 24.0 Å². The van der Waals surface area contributed by atoms with Gasteiger partial charge in [-0.1, -0.05) is 36.7 Å². The number of rotatable bonds is 6. The third-order valence-electron chi connectivity index (χ3n) is 2.97. The summed E-state index contributed by atoms with van der Waals surface area (Å²) < 4.78 is 0. The second-order valence-electron chi connectivity index (χ2n) is 4.34. The molecule has 0 aliphatic rings. The second kappa shape index (κ2) is 7.39. The molecule has 0 bridgehead atoms. The molecule has 0 radical (unpaired) electrons. The van der Waals surface area contributed by atoms with E-state index in [2.05, 4.69) is 0 Å². The number of carbonyl (C=O) groups excluding carboxylic acids is 1. The zero-order valence-electron chi connectivity index (χ0n) is 10.9. The smallest absolute Gasteiger partial charge is 0.225 e. The van der Waals surface area contributed by atoms with Gasteiger partial charge < -0.3 is 10.0 Å². The average Bonchev–Trinajstić information content (AvgIpc) is 2.37. The molecule has 1 aromatic carbocycles. The van der Waals surface area contributed by atoms with Gasteiger partial charge in [-0.3, -0.25) is 4.79 Å². The highest BCUT2D eigenvalue weighted by Crippen LogP contribution is 2.19. The van der Waals surface area contributed by atoms with Gasteiger partial charge in [0.1, 0.15) is 0 Å². The summed E-state index contributed by atoms with van der Waals surface area (Å²) in [6.45, 7) is 4.81. The Kier molecular flexibility index (Phi) is 6.16. The summed E-state index contributed by atoms with van der Waals surface area (Å²) in [5.41, 5.74) is 0.986. The van der Waals surface area contributed by atoms with E-state index in [9.17, 15) is 4.79 Å². The first-order chi connectivity index (χ1) is 8.60. The van der Waals surface area contributed by atoms with E-state index in [0.717, 1.165) is 5.56 Å². The molecule has 0 saturated heterocycles. The number of benzene rings is 1. The second-order valence-corrected chi connectivity index (χ2v) is 4.75. The van der Waals surface area contributed by atoms with Crippen LogP contribution in [0, 0.1) is 5.92 Å². The number of hydrogen-bond acceptors (Lipinski definition) is 2. The lowest BCUT2D eigenvalue weighted by molar-refractivity contribution is -0.135. The molecule has 1 N–H and O–H groups in total. The average molecular weight is 270 g/mol. The molecule has 0 heterocycles. The topological polar surface area (TPSA) is 40.5 Å². The van der Waals surface area contributed by atoms with E-state index in [-0.39, 0.29) is 18.4 Å². The molecule has 0 saturated carbocycles. The standard InChI is InChI=1S/C14H20ClNO2/c1-3-16(8-9-17)14(18)11(2)10-12-6-4-5-7-13(12)15/h4-7,11,17H,3,8-10H2,1-2H3. The minimum atomic E-state index is -0.128. The van der Waals surface area contributed by atoms with Crippen molar-refractivity contribution in [1.29, 1.82) is 0 Å². The molecule has 0 spiro atoms. The Morgan fingerprint density at radius 3 is 2.67 bits per heavy atom. The molecule has 0 aromatic heterocycles. The number of halogens is 1. The normalized spacial score (nSPS) is 12.2. The van der Waals surface area contributed by atoms with E-state index >= 15 is 0 Å². The zero-order valence-corrected chi connectivity index (χ0v) is 11.7. The van der Waals surface area contributed by atoms with Crippen molar-refractivity contribution >= 4 is 17.5 Å². The number of aliphatic hydroxyl groups excluding tert-OH is 1. The summed E-state index contributed by atoms with van der Waals surface area (Å²) in [5, 5.41) is 9.61. The van der Waals surface area contributed by atoms with Gasteiger partial charge >= 0.3 is 0 Å². The molecule has 1 aromatic rings. The molecular weight excluding hydrogens is 250 g/mol. The van der Waals surface area contributed by atoms with E-state index in [1.807, 2.05) is 38.1 Å². The Morgan fingerprint density at radius 1 is 1.44 bits per heavy atom. The van der Waals surface area contributed by atoms with Crippen LogP contribution in [0.25, 0.3) is 0 Å².